The smallest absolute Gasteiger partial charge is 0.216 e. The molecule has 5 rings (SSSR count). The van der Waals surface area contributed by atoms with Crippen LogP contribution < -0.4 is 11.1 Å². The number of benzene rings is 1. The normalized spacial score (nSPS) is 14.4. The number of aromatic amines is 1. The number of H-pyrrole nitrogens is 1. The van der Waals surface area contributed by atoms with E-state index in [1.54, 1.807) is 0 Å². The zero-order valence-electron chi connectivity index (χ0n) is 14.6. The van der Waals surface area contributed by atoms with Crippen LogP contribution in [0.5, 0.6) is 0 Å². The molecule has 1 aromatic carbocycles. The van der Waals surface area contributed by atoms with Gasteiger partial charge in [0.25, 0.3) is 0 Å². The first-order valence-electron chi connectivity index (χ1n) is 8.95. The SMILES string of the molecule is Nc1ccc(Sc2nc(Nc3cc(C4CCC4)[nH]n3)n3cccc3n2)cc1. The van der Waals surface area contributed by atoms with E-state index < -0.39 is 0 Å². The van der Waals surface area contributed by atoms with Crippen LogP contribution in [-0.4, -0.2) is 24.6 Å². The number of hydrogen-bond donors (Lipinski definition) is 3. The fraction of sp³-hybridized carbons (Fsp3) is 0.211. The molecule has 1 aliphatic carbocycles. The maximum atomic E-state index is 5.76. The Morgan fingerprint density at radius 2 is 2.00 bits per heavy atom. The summed E-state index contributed by atoms with van der Waals surface area (Å²) >= 11 is 1.50. The molecular weight excluding hydrogens is 358 g/mol. The van der Waals surface area contributed by atoms with Gasteiger partial charge in [-0.15, -0.1) is 0 Å². The average Bonchev–Trinajstić information content (AvgIpc) is 3.25. The molecule has 3 heterocycles. The van der Waals surface area contributed by atoms with Crippen LogP contribution in [0.1, 0.15) is 30.9 Å². The molecule has 4 N–H and O–H groups in total. The molecule has 3 aromatic heterocycles. The van der Waals surface area contributed by atoms with E-state index in [2.05, 4.69) is 26.6 Å². The summed E-state index contributed by atoms with van der Waals surface area (Å²) in [4.78, 5) is 10.4. The summed E-state index contributed by atoms with van der Waals surface area (Å²) in [5, 5.41) is 11.5. The number of aromatic nitrogens is 5. The number of anilines is 3. The van der Waals surface area contributed by atoms with Gasteiger partial charge in [0.15, 0.2) is 11.0 Å². The predicted octanol–water partition coefficient (Wildman–Crippen LogP) is 4.20. The maximum Gasteiger partial charge on any atom is 0.216 e. The third-order valence-electron chi connectivity index (χ3n) is 4.84. The minimum atomic E-state index is 0.613. The summed E-state index contributed by atoms with van der Waals surface area (Å²) < 4.78 is 1.92. The van der Waals surface area contributed by atoms with Gasteiger partial charge in [-0.3, -0.25) is 9.50 Å². The van der Waals surface area contributed by atoms with Gasteiger partial charge in [-0.05, 0) is 61.0 Å². The molecule has 4 aromatic rings. The van der Waals surface area contributed by atoms with E-state index in [-0.39, 0.29) is 0 Å². The molecule has 7 nitrogen and oxygen atoms in total. The third-order valence-corrected chi connectivity index (χ3v) is 5.71. The first-order valence-corrected chi connectivity index (χ1v) is 9.77. The highest BCUT2D eigenvalue weighted by Gasteiger charge is 2.21. The average molecular weight is 377 g/mol. The van der Waals surface area contributed by atoms with Crippen LogP contribution in [0.25, 0.3) is 5.65 Å². The molecular formula is C19H19N7S. The van der Waals surface area contributed by atoms with Gasteiger partial charge in [-0.25, -0.2) is 4.98 Å². The highest BCUT2D eigenvalue weighted by molar-refractivity contribution is 7.99. The standard InChI is InChI=1S/C19H19N7S/c20-13-6-8-14(9-7-13)27-19-22-17-5-2-10-26(17)18(23-19)21-16-11-15(24-25-16)12-3-1-4-12/h2,5-12H,1,3-4,20H2,(H2,21,22,23,24,25). The van der Waals surface area contributed by atoms with Gasteiger partial charge in [-0.2, -0.15) is 10.1 Å². The van der Waals surface area contributed by atoms with Gasteiger partial charge in [-0.1, -0.05) is 6.42 Å². The van der Waals surface area contributed by atoms with E-state index in [0.717, 1.165) is 22.0 Å². The first kappa shape index (κ1) is 16.2. The molecule has 0 radical (unpaired) electrons. The minimum Gasteiger partial charge on any atom is -0.399 e. The number of rotatable bonds is 5. The Morgan fingerprint density at radius 1 is 1.15 bits per heavy atom. The Morgan fingerprint density at radius 3 is 2.78 bits per heavy atom. The molecule has 0 bridgehead atoms. The Balaban J connectivity index is 1.44. The second-order valence-corrected chi connectivity index (χ2v) is 7.74. The van der Waals surface area contributed by atoms with Crippen LogP contribution in [0.15, 0.2) is 58.7 Å². The molecule has 136 valence electrons. The van der Waals surface area contributed by atoms with Crippen LogP contribution in [-0.2, 0) is 0 Å². The lowest BCUT2D eigenvalue weighted by molar-refractivity contribution is 0.410. The van der Waals surface area contributed by atoms with E-state index >= 15 is 0 Å². The number of nitrogens with one attached hydrogen (secondary N) is 2. The Labute approximate surface area is 160 Å². The van der Waals surface area contributed by atoms with Gasteiger partial charge < -0.3 is 11.1 Å². The van der Waals surface area contributed by atoms with Crippen molar-refractivity contribution in [3.63, 3.8) is 0 Å². The van der Waals surface area contributed by atoms with E-state index in [4.69, 9.17) is 10.7 Å². The van der Waals surface area contributed by atoms with Crippen molar-refractivity contribution in [3.05, 3.63) is 54.4 Å². The second kappa shape index (κ2) is 6.62. The molecule has 0 atom stereocenters. The summed E-state index contributed by atoms with van der Waals surface area (Å²) in [6.45, 7) is 0. The maximum absolute atomic E-state index is 5.76. The third kappa shape index (κ3) is 3.23. The van der Waals surface area contributed by atoms with Crippen molar-refractivity contribution in [1.82, 2.24) is 24.6 Å². The fourth-order valence-corrected chi connectivity index (χ4v) is 3.88. The molecule has 0 amide bonds. The van der Waals surface area contributed by atoms with Crippen molar-refractivity contribution < 1.29 is 0 Å². The molecule has 1 fully saturated rings. The summed E-state index contributed by atoms with van der Waals surface area (Å²) in [5.74, 6) is 2.07. The number of nitrogens with two attached hydrogens (primary N) is 1. The second-order valence-electron chi connectivity index (χ2n) is 6.70. The number of fused-ring (bicyclic) bond motifs is 1. The molecule has 8 heteroatoms. The fourth-order valence-electron chi connectivity index (χ4n) is 3.13. The van der Waals surface area contributed by atoms with E-state index in [0.29, 0.717) is 17.0 Å². The number of nitrogen functional groups attached to an aromatic ring is 1. The van der Waals surface area contributed by atoms with E-state index in [1.807, 2.05) is 47.0 Å². The molecule has 0 unspecified atom stereocenters. The summed E-state index contributed by atoms with van der Waals surface area (Å²) in [6, 6.07) is 13.7. The van der Waals surface area contributed by atoms with Crippen molar-refractivity contribution in [2.24, 2.45) is 0 Å². The largest absolute Gasteiger partial charge is 0.399 e. The summed E-state index contributed by atoms with van der Waals surface area (Å²) in [6.07, 6.45) is 5.71. The lowest BCUT2D eigenvalue weighted by Crippen LogP contribution is -2.08. The molecule has 1 saturated carbocycles. The van der Waals surface area contributed by atoms with Crippen molar-refractivity contribution in [2.45, 2.75) is 35.2 Å². The lowest BCUT2D eigenvalue weighted by atomic mass is 9.83. The summed E-state index contributed by atoms with van der Waals surface area (Å²) in [5.41, 5.74) is 8.53. The lowest BCUT2D eigenvalue weighted by Gasteiger charge is -2.23. The van der Waals surface area contributed by atoms with Gasteiger partial charge in [0.2, 0.25) is 5.95 Å². The first-order chi connectivity index (χ1) is 13.2. The van der Waals surface area contributed by atoms with E-state index in [9.17, 15) is 0 Å². The predicted molar refractivity (Wildman–Crippen MR) is 106 cm³/mol. The van der Waals surface area contributed by atoms with Crippen LogP contribution in [0, 0.1) is 0 Å². The van der Waals surface area contributed by atoms with E-state index in [1.165, 1.54) is 36.7 Å². The van der Waals surface area contributed by atoms with Crippen molar-refractivity contribution in [1.29, 1.82) is 0 Å². The number of nitrogens with zero attached hydrogens (tertiary/aromatic N) is 4. The Bertz CT molecular complexity index is 1080. The van der Waals surface area contributed by atoms with Crippen molar-refractivity contribution in [3.8, 4) is 0 Å². The highest BCUT2D eigenvalue weighted by Crippen LogP contribution is 2.36. The van der Waals surface area contributed by atoms with Gasteiger partial charge >= 0.3 is 0 Å². The molecule has 0 aliphatic heterocycles. The molecule has 27 heavy (non-hydrogen) atoms. The van der Waals surface area contributed by atoms with Gasteiger partial charge in [0.1, 0.15) is 5.65 Å². The van der Waals surface area contributed by atoms with Gasteiger partial charge in [0.05, 0.1) is 0 Å². The topological polar surface area (TPSA) is 96.9 Å². The van der Waals surface area contributed by atoms with Crippen LogP contribution >= 0.6 is 11.8 Å². The van der Waals surface area contributed by atoms with Crippen LogP contribution in [0.4, 0.5) is 17.5 Å². The molecule has 1 aliphatic rings. The van der Waals surface area contributed by atoms with Gasteiger partial charge in [0, 0.05) is 34.5 Å². The quantitative estimate of drug-likeness (QED) is 0.451. The Kier molecular flexibility index (Phi) is 3.97. The zero-order chi connectivity index (χ0) is 18.2. The van der Waals surface area contributed by atoms with Crippen LogP contribution in [0.2, 0.25) is 0 Å². The summed E-state index contributed by atoms with van der Waals surface area (Å²) in [7, 11) is 0. The van der Waals surface area contributed by atoms with Crippen LogP contribution in [0.3, 0.4) is 0 Å². The van der Waals surface area contributed by atoms with Crippen molar-refractivity contribution >= 4 is 34.9 Å². The molecule has 0 spiro atoms. The number of hydrogen-bond acceptors (Lipinski definition) is 6. The highest BCUT2D eigenvalue weighted by atomic mass is 32.2. The Hall–Kier alpha value is -3.00. The monoisotopic (exact) mass is 377 g/mol. The minimum absolute atomic E-state index is 0.613. The zero-order valence-corrected chi connectivity index (χ0v) is 15.4. The van der Waals surface area contributed by atoms with Crippen molar-refractivity contribution in [2.75, 3.05) is 11.1 Å². The molecule has 0 saturated heterocycles.